The third-order valence-electron chi connectivity index (χ3n) is 4.05. The van der Waals surface area contributed by atoms with Crippen molar-refractivity contribution in [3.05, 3.63) is 65.8 Å². The molecule has 0 spiro atoms. The second-order valence-corrected chi connectivity index (χ2v) is 6.03. The van der Waals surface area contributed by atoms with Gasteiger partial charge in [-0.05, 0) is 35.4 Å². The van der Waals surface area contributed by atoms with Crippen LogP contribution in [-0.2, 0) is 11.3 Å². The van der Waals surface area contributed by atoms with Crippen LogP contribution in [0.1, 0.15) is 11.1 Å². The van der Waals surface area contributed by atoms with Gasteiger partial charge in [0.15, 0.2) is 23.0 Å². The highest BCUT2D eigenvalue weighted by molar-refractivity contribution is 5.87. The number of carbonyl (C=O) groups excluding carboxylic acids is 1. The molecule has 0 saturated carbocycles. The summed E-state index contributed by atoms with van der Waals surface area (Å²) in [6.07, 6.45) is 12.0. The zero-order valence-electron chi connectivity index (χ0n) is 16.0. The summed E-state index contributed by atoms with van der Waals surface area (Å²) in [5.41, 5.74) is 1.84. The summed E-state index contributed by atoms with van der Waals surface area (Å²) < 4.78 is 21.3. The molecule has 0 fully saturated rings. The molecule has 6 nitrogen and oxygen atoms in total. The molecule has 1 aliphatic heterocycles. The van der Waals surface area contributed by atoms with Crippen LogP contribution in [0.25, 0.3) is 6.08 Å². The van der Waals surface area contributed by atoms with Crippen molar-refractivity contribution in [1.82, 2.24) is 5.32 Å². The van der Waals surface area contributed by atoms with Crippen LogP contribution in [-0.4, -0.2) is 26.4 Å². The average Bonchev–Trinajstić information content (AvgIpc) is 3.22. The van der Waals surface area contributed by atoms with Crippen LogP contribution in [0.2, 0.25) is 0 Å². The molecule has 29 heavy (non-hydrogen) atoms. The minimum absolute atomic E-state index is 0.164. The Labute approximate surface area is 169 Å². The molecule has 3 rings (SSSR count). The predicted octanol–water partition coefficient (Wildman–Crippen LogP) is 3.32. The number of hydrogen-bond acceptors (Lipinski definition) is 5. The minimum atomic E-state index is -0.202. The van der Waals surface area contributed by atoms with E-state index in [1.54, 1.807) is 31.4 Å². The molecule has 6 heteroatoms. The summed E-state index contributed by atoms with van der Waals surface area (Å²) in [4.78, 5) is 12.0. The number of nitrogens with one attached hydrogen (secondary N) is 1. The van der Waals surface area contributed by atoms with Gasteiger partial charge < -0.3 is 24.3 Å². The molecule has 0 bridgehead atoms. The van der Waals surface area contributed by atoms with E-state index in [0.29, 0.717) is 18.0 Å². The highest BCUT2D eigenvalue weighted by Crippen LogP contribution is 2.32. The zero-order valence-corrected chi connectivity index (χ0v) is 16.0. The lowest BCUT2D eigenvalue weighted by Gasteiger charge is -2.10. The van der Waals surface area contributed by atoms with Crippen molar-refractivity contribution < 1.29 is 23.7 Å². The summed E-state index contributed by atoms with van der Waals surface area (Å²) in [6.45, 7) is 0.771. The van der Waals surface area contributed by atoms with Crippen molar-refractivity contribution in [2.45, 2.75) is 6.54 Å². The van der Waals surface area contributed by atoms with Crippen LogP contribution in [0.15, 0.2) is 54.6 Å². The van der Waals surface area contributed by atoms with Crippen LogP contribution in [0.5, 0.6) is 23.0 Å². The number of carbonyl (C=O) groups is 1. The van der Waals surface area contributed by atoms with E-state index >= 15 is 0 Å². The van der Waals surface area contributed by atoms with Crippen LogP contribution in [0, 0.1) is 12.3 Å². The lowest BCUT2D eigenvalue weighted by molar-refractivity contribution is -0.116. The number of fused-ring (bicyclic) bond motifs is 1. The van der Waals surface area contributed by atoms with Gasteiger partial charge in [-0.15, -0.1) is 6.42 Å². The van der Waals surface area contributed by atoms with E-state index in [9.17, 15) is 4.79 Å². The number of amides is 1. The first-order chi connectivity index (χ1) is 14.2. The maximum atomic E-state index is 12.0. The van der Waals surface area contributed by atoms with Crippen molar-refractivity contribution >= 4 is 12.0 Å². The number of allylic oxidation sites excluding steroid dienone is 2. The molecule has 0 atom stereocenters. The Bertz CT molecular complexity index is 972. The molecule has 0 radical (unpaired) electrons. The van der Waals surface area contributed by atoms with Gasteiger partial charge in [-0.2, -0.15) is 0 Å². The quantitative estimate of drug-likeness (QED) is 0.425. The van der Waals surface area contributed by atoms with Gasteiger partial charge in [-0.1, -0.05) is 36.3 Å². The number of rotatable bonds is 8. The molecular weight excluding hydrogens is 370 g/mol. The Balaban J connectivity index is 1.50. The maximum absolute atomic E-state index is 12.0. The van der Waals surface area contributed by atoms with Gasteiger partial charge in [0.2, 0.25) is 12.7 Å². The normalized spacial score (nSPS) is 12.1. The molecule has 1 amide bonds. The highest BCUT2D eigenvalue weighted by atomic mass is 16.7. The largest absolute Gasteiger partial charge is 0.493 e. The lowest BCUT2D eigenvalue weighted by Crippen LogP contribution is -2.20. The van der Waals surface area contributed by atoms with Gasteiger partial charge in [0.1, 0.15) is 6.61 Å². The Kier molecular flexibility index (Phi) is 6.80. The fourth-order valence-electron chi connectivity index (χ4n) is 2.64. The van der Waals surface area contributed by atoms with E-state index < -0.39 is 0 Å². The second kappa shape index (κ2) is 9.90. The van der Waals surface area contributed by atoms with Gasteiger partial charge in [-0.3, -0.25) is 4.79 Å². The van der Waals surface area contributed by atoms with Crippen molar-refractivity contribution in [1.29, 1.82) is 0 Å². The van der Waals surface area contributed by atoms with Gasteiger partial charge in [-0.25, -0.2) is 0 Å². The Morgan fingerprint density at radius 3 is 2.86 bits per heavy atom. The third kappa shape index (κ3) is 5.56. The summed E-state index contributed by atoms with van der Waals surface area (Å²) in [6, 6.07) is 11.1. The lowest BCUT2D eigenvalue weighted by atomic mass is 10.2. The molecule has 1 heterocycles. The molecule has 2 aromatic carbocycles. The van der Waals surface area contributed by atoms with Gasteiger partial charge in [0.25, 0.3) is 0 Å². The van der Waals surface area contributed by atoms with Crippen molar-refractivity contribution in [2.24, 2.45) is 0 Å². The molecule has 0 unspecified atom stereocenters. The maximum Gasteiger partial charge on any atom is 0.244 e. The molecule has 148 valence electrons. The first-order valence-electron chi connectivity index (χ1n) is 8.95. The standard InChI is InChI=1S/C23H21NO5/c1-3-12-27-19-11-9-18(14-21(19)26-2)15-24-23(25)7-5-4-6-17-8-10-20-22(13-17)29-16-28-20/h1,4-11,13-14H,12,15-16H2,2H3,(H,24,25)/b6-4+,7-5+. The summed E-state index contributed by atoms with van der Waals surface area (Å²) in [7, 11) is 1.55. The average molecular weight is 391 g/mol. The van der Waals surface area contributed by atoms with Gasteiger partial charge in [0, 0.05) is 12.6 Å². The summed E-state index contributed by atoms with van der Waals surface area (Å²) in [5.74, 6) is 4.80. The number of hydrogen-bond donors (Lipinski definition) is 1. The van der Waals surface area contributed by atoms with E-state index in [1.807, 2.05) is 30.3 Å². The first kappa shape index (κ1) is 19.9. The number of ether oxygens (including phenoxy) is 4. The molecule has 2 aromatic rings. The number of terminal acetylenes is 1. The zero-order chi connectivity index (χ0) is 20.5. The molecule has 1 N–H and O–H groups in total. The Morgan fingerprint density at radius 1 is 1.17 bits per heavy atom. The monoisotopic (exact) mass is 391 g/mol. The fourth-order valence-corrected chi connectivity index (χ4v) is 2.64. The Morgan fingerprint density at radius 2 is 2.03 bits per heavy atom. The van der Waals surface area contributed by atoms with Crippen LogP contribution < -0.4 is 24.3 Å². The van der Waals surface area contributed by atoms with Crippen molar-refractivity contribution in [3.63, 3.8) is 0 Å². The van der Waals surface area contributed by atoms with E-state index in [0.717, 1.165) is 22.6 Å². The smallest absolute Gasteiger partial charge is 0.244 e. The van der Waals surface area contributed by atoms with E-state index in [1.165, 1.54) is 6.08 Å². The molecule has 0 aromatic heterocycles. The first-order valence-corrected chi connectivity index (χ1v) is 8.95. The van der Waals surface area contributed by atoms with E-state index in [-0.39, 0.29) is 19.3 Å². The fraction of sp³-hybridized carbons (Fsp3) is 0.174. The summed E-state index contributed by atoms with van der Waals surface area (Å²) >= 11 is 0. The molecule has 0 saturated heterocycles. The van der Waals surface area contributed by atoms with Crippen LogP contribution in [0.3, 0.4) is 0 Å². The Hall–Kier alpha value is -3.85. The SMILES string of the molecule is C#CCOc1ccc(CNC(=O)/C=C/C=C/c2ccc3c(c2)OCO3)cc1OC. The summed E-state index contributed by atoms with van der Waals surface area (Å²) in [5, 5.41) is 2.82. The van der Waals surface area contributed by atoms with Gasteiger partial charge in [0.05, 0.1) is 7.11 Å². The molecule has 0 aliphatic carbocycles. The van der Waals surface area contributed by atoms with Crippen LogP contribution in [0.4, 0.5) is 0 Å². The molecular formula is C23H21NO5. The minimum Gasteiger partial charge on any atom is -0.493 e. The molecule has 1 aliphatic rings. The number of methoxy groups -OCH3 is 1. The van der Waals surface area contributed by atoms with Gasteiger partial charge >= 0.3 is 0 Å². The van der Waals surface area contributed by atoms with Crippen LogP contribution >= 0.6 is 0 Å². The van der Waals surface area contributed by atoms with Crippen molar-refractivity contribution in [3.8, 4) is 35.3 Å². The van der Waals surface area contributed by atoms with E-state index in [2.05, 4.69) is 11.2 Å². The topological polar surface area (TPSA) is 66.0 Å². The van der Waals surface area contributed by atoms with E-state index in [4.69, 9.17) is 25.4 Å². The number of benzene rings is 2. The predicted molar refractivity (Wildman–Crippen MR) is 110 cm³/mol. The second-order valence-electron chi connectivity index (χ2n) is 6.03. The third-order valence-corrected chi connectivity index (χ3v) is 4.05. The highest BCUT2D eigenvalue weighted by Gasteiger charge is 2.12. The van der Waals surface area contributed by atoms with Crippen molar-refractivity contribution in [2.75, 3.05) is 20.5 Å².